The maximum Gasteiger partial charge on any atom is 0.311 e. The van der Waals surface area contributed by atoms with Gasteiger partial charge in [0.25, 0.3) is 0 Å². The summed E-state index contributed by atoms with van der Waals surface area (Å²) in [7, 11) is 0. The highest BCUT2D eigenvalue weighted by molar-refractivity contribution is 9.10. The molecule has 1 saturated heterocycles. The van der Waals surface area contributed by atoms with E-state index in [2.05, 4.69) is 26.2 Å². The topological polar surface area (TPSA) is 86.5 Å². The summed E-state index contributed by atoms with van der Waals surface area (Å²) in [5.41, 5.74) is 1.06. The van der Waals surface area contributed by atoms with Gasteiger partial charge in [0.1, 0.15) is 18.0 Å². The summed E-state index contributed by atoms with van der Waals surface area (Å²) in [4.78, 5) is 15.0. The van der Waals surface area contributed by atoms with Crippen molar-refractivity contribution < 1.29 is 14.4 Å². The molecule has 1 fully saturated rings. The van der Waals surface area contributed by atoms with Crippen LogP contribution in [-0.2, 0) is 9.47 Å². The molecule has 8 heteroatoms. The van der Waals surface area contributed by atoms with Crippen molar-refractivity contribution in [3.8, 4) is 0 Å². The number of benzene rings is 1. The number of fused-ring (bicyclic) bond motifs is 1. The second-order valence-corrected chi connectivity index (χ2v) is 6.68. The van der Waals surface area contributed by atoms with Gasteiger partial charge in [-0.2, -0.15) is 0 Å². The van der Waals surface area contributed by atoms with Crippen LogP contribution in [0.25, 0.3) is 10.9 Å². The molecule has 1 aliphatic rings. The third-order valence-electron chi connectivity index (χ3n) is 3.58. The molecule has 2 aromatic rings. The van der Waals surface area contributed by atoms with Crippen LogP contribution in [0, 0.1) is 10.1 Å². The Labute approximate surface area is 141 Å². The van der Waals surface area contributed by atoms with Crippen molar-refractivity contribution in [1.29, 1.82) is 0 Å². The average Bonchev–Trinajstić information content (AvgIpc) is 2.83. The van der Waals surface area contributed by atoms with Crippen LogP contribution in [0.4, 0.5) is 11.4 Å². The number of halogens is 1. The molecule has 1 atom stereocenters. The van der Waals surface area contributed by atoms with E-state index < -0.39 is 10.7 Å². The molecule has 0 bridgehead atoms. The third-order valence-corrected chi connectivity index (χ3v) is 4.07. The van der Waals surface area contributed by atoms with Gasteiger partial charge >= 0.3 is 5.69 Å². The van der Waals surface area contributed by atoms with Crippen molar-refractivity contribution in [2.24, 2.45) is 0 Å². The number of nitrogens with zero attached hydrogens (tertiary/aromatic N) is 2. The first-order valence-electron chi connectivity index (χ1n) is 7.14. The van der Waals surface area contributed by atoms with Crippen molar-refractivity contribution in [2.75, 3.05) is 18.5 Å². The van der Waals surface area contributed by atoms with Crippen LogP contribution in [0.2, 0.25) is 0 Å². The van der Waals surface area contributed by atoms with E-state index in [0.29, 0.717) is 29.7 Å². The van der Waals surface area contributed by atoms with Gasteiger partial charge in [-0.3, -0.25) is 10.1 Å². The second kappa shape index (κ2) is 6.03. The highest BCUT2D eigenvalue weighted by atomic mass is 79.9. The SMILES string of the molecule is CC1(C)OC[C@@H](CNc2c([N+](=O)[O-])cnc3cc(Br)ccc23)O1. The highest BCUT2D eigenvalue weighted by Crippen LogP contribution is 2.33. The third kappa shape index (κ3) is 3.44. The molecule has 0 radical (unpaired) electrons. The number of aromatic nitrogens is 1. The van der Waals surface area contributed by atoms with Crippen molar-refractivity contribution in [3.63, 3.8) is 0 Å². The molecule has 3 rings (SSSR count). The second-order valence-electron chi connectivity index (χ2n) is 5.77. The maximum atomic E-state index is 11.3. The number of nitrogens with one attached hydrogen (secondary N) is 1. The quantitative estimate of drug-likeness (QED) is 0.644. The van der Waals surface area contributed by atoms with Gasteiger partial charge in [-0.25, -0.2) is 4.98 Å². The van der Waals surface area contributed by atoms with Crippen molar-refractivity contribution >= 4 is 38.2 Å². The van der Waals surface area contributed by atoms with Crippen LogP contribution in [0.3, 0.4) is 0 Å². The van der Waals surface area contributed by atoms with E-state index in [9.17, 15) is 10.1 Å². The lowest BCUT2D eigenvalue weighted by molar-refractivity contribution is -0.384. The summed E-state index contributed by atoms with van der Waals surface area (Å²) in [5.74, 6) is -0.622. The van der Waals surface area contributed by atoms with Gasteiger partial charge in [0.15, 0.2) is 5.79 Å². The molecule has 122 valence electrons. The minimum atomic E-state index is -0.622. The predicted molar refractivity (Wildman–Crippen MR) is 89.5 cm³/mol. The molecule has 23 heavy (non-hydrogen) atoms. The summed E-state index contributed by atoms with van der Waals surface area (Å²) in [6, 6.07) is 5.46. The lowest BCUT2D eigenvalue weighted by Crippen LogP contribution is -2.26. The van der Waals surface area contributed by atoms with E-state index in [1.54, 1.807) is 6.07 Å². The van der Waals surface area contributed by atoms with Crippen LogP contribution < -0.4 is 5.32 Å². The Morgan fingerprint density at radius 2 is 2.30 bits per heavy atom. The Kier molecular flexibility index (Phi) is 4.22. The van der Waals surface area contributed by atoms with Crippen molar-refractivity contribution in [1.82, 2.24) is 4.98 Å². The van der Waals surface area contributed by atoms with E-state index >= 15 is 0 Å². The minimum Gasteiger partial charge on any atom is -0.376 e. The first kappa shape index (κ1) is 16.1. The maximum absolute atomic E-state index is 11.3. The molecule has 1 aliphatic heterocycles. The average molecular weight is 382 g/mol. The number of nitro groups is 1. The Morgan fingerprint density at radius 1 is 1.52 bits per heavy atom. The van der Waals surface area contributed by atoms with Gasteiger partial charge in [-0.15, -0.1) is 0 Å². The van der Waals surface area contributed by atoms with Gasteiger partial charge in [0.05, 0.1) is 17.0 Å². The molecular formula is C15H16BrN3O4. The Hall–Kier alpha value is -1.77. The number of ether oxygens (including phenoxy) is 2. The molecule has 0 aliphatic carbocycles. The Morgan fingerprint density at radius 3 is 2.96 bits per heavy atom. The molecule has 0 unspecified atom stereocenters. The molecule has 1 aromatic carbocycles. The van der Waals surface area contributed by atoms with Gasteiger partial charge in [-0.1, -0.05) is 15.9 Å². The zero-order valence-corrected chi connectivity index (χ0v) is 14.3. The summed E-state index contributed by atoms with van der Waals surface area (Å²) in [5, 5.41) is 15.1. The van der Waals surface area contributed by atoms with E-state index in [1.807, 2.05) is 26.0 Å². The van der Waals surface area contributed by atoms with Gasteiger partial charge in [0.2, 0.25) is 0 Å². The molecule has 1 N–H and O–H groups in total. The highest BCUT2D eigenvalue weighted by Gasteiger charge is 2.32. The Bertz CT molecular complexity index is 766. The first-order valence-corrected chi connectivity index (χ1v) is 7.93. The van der Waals surface area contributed by atoms with E-state index in [4.69, 9.17) is 9.47 Å². The largest absolute Gasteiger partial charge is 0.376 e. The summed E-state index contributed by atoms with van der Waals surface area (Å²) in [6.45, 7) is 4.55. The van der Waals surface area contributed by atoms with Crippen LogP contribution >= 0.6 is 15.9 Å². The monoisotopic (exact) mass is 381 g/mol. The summed E-state index contributed by atoms with van der Waals surface area (Å²) in [6.07, 6.45) is 1.11. The fourth-order valence-electron chi connectivity index (χ4n) is 2.56. The van der Waals surface area contributed by atoms with Crippen molar-refractivity contribution in [2.45, 2.75) is 25.7 Å². The predicted octanol–water partition coefficient (Wildman–Crippen LogP) is 3.47. The van der Waals surface area contributed by atoms with Crippen molar-refractivity contribution in [3.05, 3.63) is 39.0 Å². The zero-order valence-electron chi connectivity index (χ0n) is 12.7. The Balaban J connectivity index is 1.91. The molecule has 1 aromatic heterocycles. The number of anilines is 1. The normalized spacial score (nSPS) is 19.9. The number of rotatable bonds is 4. The molecule has 2 heterocycles. The molecular weight excluding hydrogens is 366 g/mol. The zero-order chi connectivity index (χ0) is 16.6. The lowest BCUT2D eigenvalue weighted by Gasteiger charge is -2.18. The molecule has 0 spiro atoms. The summed E-state index contributed by atoms with van der Waals surface area (Å²) < 4.78 is 12.1. The van der Waals surface area contributed by atoms with Gasteiger partial charge in [-0.05, 0) is 32.0 Å². The minimum absolute atomic E-state index is 0.0574. The molecule has 0 saturated carbocycles. The lowest BCUT2D eigenvalue weighted by atomic mass is 10.1. The van der Waals surface area contributed by atoms with Crippen LogP contribution in [-0.4, -0.2) is 35.0 Å². The van der Waals surface area contributed by atoms with E-state index in [1.165, 1.54) is 6.20 Å². The molecule has 0 amide bonds. The number of hydrogen-bond donors (Lipinski definition) is 1. The first-order chi connectivity index (χ1) is 10.9. The van der Waals surface area contributed by atoms with Gasteiger partial charge < -0.3 is 14.8 Å². The van der Waals surface area contributed by atoms with E-state index in [-0.39, 0.29) is 11.8 Å². The number of pyridine rings is 1. The fourth-order valence-corrected chi connectivity index (χ4v) is 2.91. The van der Waals surface area contributed by atoms with E-state index in [0.717, 1.165) is 4.47 Å². The molecule has 7 nitrogen and oxygen atoms in total. The number of hydrogen-bond acceptors (Lipinski definition) is 6. The van der Waals surface area contributed by atoms with Crippen LogP contribution in [0.15, 0.2) is 28.9 Å². The fraction of sp³-hybridized carbons (Fsp3) is 0.400. The van der Waals surface area contributed by atoms with Crippen LogP contribution in [0.1, 0.15) is 13.8 Å². The summed E-state index contributed by atoms with van der Waals surface area (Å²) >= 11 is 3.38. The van der Waals surface area contributed by atoms with Crippen LogP contribution in [0.5, 0.6) is 0 Å². The smallest absolute Gasteiger partial charge is 0.311 e. The van der Waals surface area contributed by atoms with Gasteiger partial charge in [0, 0.05) is 16.4 Å². The standard InChI is InChI=1S/C15H16BrN3O4/c1-15(2)22-8-10(23-15)6-18-14-11-4-3-9(16)5-12(11)17-7-13(14)19(20)21/h3-5,7,10H,6,8H2,1-2H3,(H,17,18)/t10-/m1/s1.